The molecule has 2 amide bonds. The quantitative estimate of drug-likeness (QED) is 0.0113. The van der Waals surface area contributed by atoms with Gasteiger partial charge in [-0.05, 0) is 73.0 Å². The van der Waals surface area contributed by atoms with Gasteiger partial charge in [-0.3, -0.25) is 60.4 Å². The number of carbonyl (C=O) groups is 3. The number of anilines is 1. The summed E-state index contributed by atoms with van der Waals surface area (Å²) in [7, 11) is -14.6. The Morgan fingerprint density at radius 2 is 1.30 bits per heavy atom. The van der Waals surface area contributed by atoms with Crippen molar-refractivity contribution >= 4 is 64.1 Å². The average Bonchev–Trinajstić information content (AvgIpc) is 0.917. The van der Waals surface area contributed by atoms with Crippen LogP contribution in [-0.4, -0.2) is 202 Å². The van der Waals surface area contributed by atoms with E-state index in [0.717, 1.165) is 27.5 Å². The number of hydrogen-bond acceptors (Lipinski definition) is 28. The molecule has 546 valence electrons. The molecule has 4 aliphatic rings. The van der Waals surface area contributed by atoms with Gasteiger partial charge in [-0.15, -0.1) is 0 Å². The normalized spacial score (nSPS) is 19.6. The van der Waals surface area contributed by atoms with Crippen LogP contribution in [0.2, 0.25) is 0 Å². The second-order valence-electron chi connectivity index (χ2n) is 22.1. The lowest BCUT2D eigenvalue weighted by Crippen LogP contribution is -2.33. The second kappa shape index (κ2) is 37.4. The molecule has 5 heterocycles. The summed E-state index contributed by atoms with van der Waals surface area (Å²) < 4.78 is 109. The van der Waals surface area contributed by atoms with Crippen LogP contribution in [-0.2, 0) is 74.1 Å². The molecule has 3 unspecified atom stereocenters. The van der Waals surface area contributed by atoms with Crippen molar-refractivity contribution in [1.29, 1.82) is 0 Å². The fourth-order valence-corrected chi connectivity index (χ4v) is 12.5. The SMILES string of the molecule is Nc1ccn([C@H]2C[C@@H](O)[C@@H](COP(=O)(O)OCCOCCOCCOP(=O)(O)O[C@@H]3C[C@H](n4cc(/C=C/C(=O)NCCCCCCNC(=O)c5ccc(C(=O)O)c(-c6c7ccc(=O)cc-7oc7cc(O)ccc67)c5)c(=O)[nH]c4=O)O[C@@H]3COP(=O)(O)OCCOCCOCCO)O2)c(=O)n1. The van der Waals surface area contributed by atoms with Crippen molar-refractivity contribution in [2.45, 2.75) is 75.4 Å². The predicted octanol–water partition coefficient (Wildman–Crippen LogP) is 2.54. The third-order valence-electron chi connectivity index (χ3n) is 14.9. The van der Waals surface area contributed by atoms with E-state index < -0.39 is 135 Å². The van der Waals surface area contributed by atoms with E-state index in [1.54, 1.807) is 6.07 Å². The highest BCUT2D eigenvalue weighted by atomic mass is 31.2. The number of nitrogens with zero attached hydrogens (tertiary/aromatic N) is 3. The molecule has 9 atom stereocenters. The number of phosphoric ester groups is 3. The van der Waals surface area contributed by atoms with E-state index in [1.807, 2.05) is 0 Å². The molecule has 0 spiro atoms. The molecular formula is C60H76N7O30P3. The summed E-state index contributed by atoms with van der Waals surface area (Å²) in [6.45, 7) is -3.16. The number of aliphatic hydroxyl groups is 2. The number of amides is 2. The number of unbranched alkanes of at least 4 members (excludes halogenated alkanes) is 3. The van der Waals surface area contributed by atoms with E-state index in [-0.39, 0.29) is 130 Å². The van der Waals surface area contributed by atoms with E-state index in [0.29, 0.717) is 42.2 Å². The fraction of sp³-hybridized carbons (Fsp3) is 0.467. The number of hydrogen-bond donors (Lipinski definition) is 11. The molecule has 8 rings (SSSR count). The minimum Gasteiger partial charge on any atom is -0.508 e. The number of phenolic OH excluding ortho intramolecular Hbond substituents is 1. The minimum atomic E-state index is -5.05. The topological polar surface area (TPSA) is 525 Å². The molecule has 4 aromatic rings. The third kappa shape index (κ3) is 23.5. The predicted molar refractivity (Wildman–Crippen MR) is 348 cm³/mol. The summed E-state index contributed by atoms with van der Waals surface area (Å²) in [6.07, 6.45) is -1.25. The van der Waals surface area contributed by atoms with Gasteiger partial charge >= 0.3 is 40.8 Å². The summed E-state index contributed by atoms with van der Waals surface area (Å²) >= 11 is 0. The molecule has 3 aliphatic heterocycles. The van der Waals surface area contributed by atoms with E-state index in [2.05, 4.69) is 20.6 Å². The number of benzene rings is 3. The molecule has 37 nitrogen and oxygen atoms in total. The van der Waals surface area contributed by atoms with Crippen molar-refractivity contribution in [2.24, 2.45) is 0 Å². The van der Waals surface area contributed by atoms with Crippen LogP contribution in [0.1, 0.15) is 77.3 Å². The number of aromatic hydroxyl groups is 1. The number of aromatic nitrogens is 4. The Bertz CT molecular complexity index is 4170. The number of aromatic amines is 1. The number of aromatic carboxylic acids is 1. The zero-order valence-electron chi connectivity index (χ0n) is 53.4. The maximum atomic E-state index is 13.4. The Balaban J connectivity index is 0.768. The fourth-order valence-electron chi connectivity index (χ4n) is 10.2. The highest BCUT2D eigenvalue weighted by Gasteiger charge is 2.44. The van der Waals surface area contributed by atoms with Crippen LogP contribution in [0.4, 0.5) is 5.82 Å². The summed E-state index contributed by atoms with van der Waals surface area (Å²) in [5, 5.41) is 45.5. The molecule has 0 bridgehead atoms. The van der Waals surface area contributed by atoms with Gasteiger partial charge in [0.25, 0.3) is 11.5 Å². The molecule has 2 saturated heterocycles. The number of carboxylic acids is 1. The first-order valence-electron chi connectivity index (χ1n) is 31.1. The van der Waals surface area contributed by atoms with Gasteiger partial charge in [0.15, 0.2) is 5.43 Å². The Labute approximate surface area is 567 Å². The number of H-pyrrole nitrogens is 1. The highest BCUT2D eigenvalue weighted by molar-refractivity contribution is 7.48. The Hall–Kier alpha value is -7.55. The zero-order chi connectivity index (χ0) is 72.0. The maximum Gasteiger partial charge on any atom is 0.472 e. The molecule has 0 radical (unpaired) electrons. The van der Waals surface area contributed by atoms with E-state index >= 15 is 0 Å². The highest BCUT2D eigenvalue weighted by Crippen LogP contribution is 2.50. The molecule has 2 aromatic heterocycles. The Morgan fingerprint density at radius 1 is 0.690 bits per heavy atom. The average molecular weight is 1470 g/mol. The largest absolute Gasteiger partial charge is 0.508 e. The van der Waals surface area contributed by atoms with Crippen LogP contribution in [0, 0.1) is 0 Å². The van der Waals surface area contributed by atoms with E-state index in [4.69, 9.17) is 70.8 Å². The molecule has 2 fully saturated rings. The number of ether oxygens (including phenoxy) is 6. The standard InChI is InChI=1S/C60H76N7O30P3/c61-51-13-16-66(59(77)64-51)53-32-45(71)49(95-53)35-92-98(79,80)89-26-24-87-21-22-88-25-28-91-100(83,84)97-48-33-54(96-50(48)36-93-99(81,82)90-27-23-86-20-19-85-18-17-68)67-34-38(57(74)65-60(67)78)6-12-52(72)62-14-3-1-2-4-15-63-56(73)37-5-9-41(58(75)76)44(29-37)55-42-10-7-39(69)30-46(42)94-47-31-40(70)8-11-43(47)55/h5-13,16,29-31,34,45,48-50,53-54,68-69,71H,1-4,14-15,17-28,32-33,35-36H2,(H,62,72)(H,63,73)(H,75,76)(H,79,80)(H,81,82)(H,83,84)(H2,61,64,77)(H,65,74,78)/b12-6+/t45-,48-,49-,50-,53-,54-/m1/s1. The Kier molecular flexibility index (Phi) is 29.2. The third-order valence-corrected chi connectivity index (χ3v) is 17.9. The number of aliphatic hydroxyl groups excluding tert-OH is 2. The molecule has 40 heteroatoms. The number of carbonyl (C=O) groups excluding carboxylic acids is 2. The van der Waals surface area contributed by atoms with Gasteiger partial charge in [-0.2, -0.15) is 4.98 Å². The number of nitrogens with one attached hydrogen (secondary N) is 3. The molecule has 0 saturated carbocycles. The molecule has 1 aliphatic carbocycles. The number of fused-ring (bicyclic) bond motifs is 2. The smallest absolute Gasteiger partial charge is 0.472 e. The molecule has 100 heavy (non-hydrogen) atoms. The summed E-state index contributed by atoms with van der Waals surface area (Å²) in [5.41, 5.74) is 3.47. The number of phosphoric acid groups is 3. The van der Waals surface area contributed by atoms with E-state index in [9.17, 15) is 77.3 Å². The zero-order valence-corrected chi connectivity index (χ0v) is 56.1. The summed E-state index contributed by atoms with van der Waals surface area (Å²) in [6, 6.07) is 13.8. The minimum absolute atomic E-state index is 0.0135. The summed E-state index contributed by atoms with van der Waals surface area (Å²) in [4.78, 5) is 126. The van der Waals surface area contributed by atoms with Gasteiger partial charge in [0.05, 0.1) is 110 Å². The lowest BCUT2D eigenvalue weighted by molar-refractivity contribution is -0.116. The van der Waals surface area contributed by atoms with Gasteiger partial charge in [-0.25, -0.2) is 28.1 Å². The van der Waals surface area contributed by atoms with Crippen LogP contribution in [0.25, 0.3) is 39.5 Å². The van der Waals surface area contributed by atoms with E-state index in [1.165, 1.54) is 60.8 Å². The van der Waals surface area contributed by atoms with Crippen LogP contribution in [0.5, 0.6) is 5.75 Å². The number of nitrogens with two attached hydrogens (primary N) is 1. The van der Waals surface area contributed by atoms with Crippen LogP contribution < -0.4 is 38.7 Å². The maximum absolute atomic E-state index is 13.4. The van der Waals surface area contributed by atoms with Crippen LogP contribution >= 0.6 is 23.5 Å². The van der Waals surface area contributed by atoms with Crippen molar-refractivity contribution in [1.82, 2.24) is 29.7 Å². The van der Waals surface area contributed by atoms with Crippen molar-refractivity contribution < 1.29 is 123 Å². The van der Waals surface area contributed by atoms with Crippen molar-refractivity contribution in [2.75, 3.05) is 111 Å². The van der Waals surface area contributed by atoms with Gasteiger partial charge < -0.3 is 84.3 Å². The number of phenols is 1. The molecule has 2 aromatic carbocycles. The number of nitrogen functional groups attached to an aromatic ring is 1. The van der Waals surface area contributed by atoms with Crippen molar-refractivity contribution in [3.8, 4) is 28.2 Å². The second-order valence-corrected chi connectivity index (χ2v) is 26.4. The van der Waals surface area contributed by atoms with Gasteiger partial charge in [0, 0.05) is 78.6 Å². The first kappa shape index (κ1) is 78.2. The van der Waals surface area contributed by atoms with Gasteiger partial charge in [0.1, 0.15) is 53.7 Å². The molecular weight excluding hydrogens is 1390 g/mol. The van der Waals surface area contributed by atoms with Gasteiger partial charge in [-0.1, -0.05) is 12.8 Å². The first-order valence-corrected chi connectivity index (χ1v) is 35.6. The van der Waals surface area contributed by atoms with Crippen molar-refractivity contribution in [3.63, 3.8) is 0 Å². The lowest BCUT2D eigenvalue weighted by atomic mass is 9.89. The monoisotopic (exact) mass is 1470 g/mol. The van der Waals surface area contributed by atoms with Crippen LogP contribution in [0.3, 0.4) is 0 Å². The van der Waals surface area contributed by atoms with Gasteiger partial charge in [0.2, 0.25) is 5.91 Å². The number of rotatable bonds is 42. The lowest BCUT2D eigenvalue weighted by Gasteiger charge is -2.22. The van der Waals surface area contributed by atoms with Crippen LogP contribution in [0.15, 0.2) is 103 Å². The number of carboxylic acid groups (broad SMARTS) is 1. The Morgan fingerprint density at radius 3 is 1.95 bits per heavy atom. The molecule has 12 N–H and O–H groups in total. The summed E-state index contributed by atoms with van der Waals surface area (Å²) in [5.74, 6) is -2.35. The van der Waals surface area contributed by atoms with Crippen molar-refractivity contribution in [3.05, 3.63) is 137 Å². The first-order chi connectivity index (χ1) is 47.8.